The van der Waals surface area contributed by atoms with Crippen molar-refractivity contribution in [1.29, 1.82) is 0 Å². The molecule has 0 unspecified atom stereocenters. The monoisotopic (exact) mass is 390 g/mol. The number of carbonyl (C=O) groups is 1. The average Bonchev–Trinajstić information content (AvgIpc) is 2.99. The second kappa shape index (κ2) is 7.25. The molecule has 26 heavy (non-hydrogen) atoms. The average molecular weight is 391 g/mol. The Labute approximate surface area is 162 Å². The van der Waals surface area contributed by atoms with Gasteiger partial charge in [0.2, 0.25) is 0 Å². The summed E-state index contributed by atoms with van der Waals surface area (Å²) in [4.78, 5) is 17.3. The maximum atomic E-state index is 12.7. The summed E-state index contributed by atoms with van der Waals surface area (Å²) in [5, 5.41) is 9.14. The Bertz CT molecular complexity index is 981. The minimum atomic E-state index is -0.217. The summed E-state index contributed by atoms with van der Waals surface area (Å²) in [5.41, 5.74) is 2.87. The fourth-order valence-electron chi connectivity index (χ4n) is 2.81. The highest BCUT2D eigenvalue weighted by atomic mass is 35.5. The molecule has 1 amide bonds. The third-order valence-electron chi connectivity index (χ3n) is 4.28. The largest absolute Gasteiger partial charge is 0.345 e. The number of fused-ring (bicyclic) bond motifs is 1. The molecule has 136 valence electrons. The molecular formula is C19H20Cl2N4O. The number of hydrogen-bond acceptors (Lipinski definition) is 3. The quantitative estimate of drug-likeness (QED) is 0.672. The molecule has 0 radical (unpaired) electrons. The van der Waals surface area contributed by atoms with Gasteiger partial charge in [-0.15, -0.1) is 0 Å². The van der Waals surface area contributed by atoms with Gasteiger partial charge in [-0.2, -0.15) is 5.10 Å². The van der Waals surface area contributed by atoms with Crippen LogP contribution in [0.15, 0.2) is 30.5 Å². The first-order chi connectivity index (χ1) is 12.3. The minimum absolute atomic E-state index is 0.187. The van der Waals surface area contributed by atoms with Crippen LogP contribution in [0.5, 0.6) is 0 Å². The van der Waals surface area contributed by atoms with Crippen molar-refractivity contribution < 1.29 is 4.79 Å². The van der Waals surface area contributed by atoms with E-state index < -0.39 is 0 Å². The van der Waals surface area contributed by atoms with Gasteiger partial charge < -0.3 is 5.32 Å². The lowest BCUT2D eigenvalue weighted by Crippen LogP contribution is -2.27. The van der Waals surface area contributed by atoms with Gasteiger partial charge in [0.15, 0.2) is 5.65 Å². The topological polar surface area (TPSA) is 59.8 Å². The van der Waals surface area contributed by atoms with Gasteiger partial charge in [-0.25, -0.2) is 9.67 Å². The van der Waals surface area contributed by atoms with E-state index in [1.54, 1.807) is 18.3 Å². The van der Waals surface area contributed by atoms with Crippen LogP contribution in [0.1, 0.15) is 54.5 Å². The number of carbonyl (C=O) groups excluding carboxylic acids is 1. The summed E-state index contributed by atoms with van der Waals surface area (Å²) in [7, 11) is 0. The number of hydrogen-bond donors (Lipinski definition) is 1. The molecule has 0 spiro atoms. The van der Waals surface area contributed by atoms with Crippen molar-refractivity contribution >= 4 is 40.1 Å². The van der Waals surface area contributed by atoms with Crippen LogP contribution < -0.4 is 5.32 Å². The number of nitrogens with one attached hydrogen (secondary N) is 1. The smallest absolute Gasteiger partial charge is 0.253 e. The second-order valence-corrected chi connectivity index (χ2v) is 7.40. The third-order valence-corrected chi connectivity index (χ3v) is 5.02. The molecule has 0 fully saturated rings. The number of halogens is 2. The van der Waals surface area contributed by atoms with Crippen LogP contribution >= 0.6 is 23.2 Å². The van der Waals surface area contributed by atoms with Crippen molar-refractivity contribution in [3.05, 3.63) is 57.3 Å². The molecule has 1 aromatic carbocycles. The molecule has 0 aliphatic rings. The minimum Gasteiger partial charge on any atom is -0.345 e. The summed E-state index contributed by atoms with van der Waals surface area (Å²) in [6, 6.07) is 7.15. The van der Waals surface area contributed by atoms with Crippen molar-refractivity contribution in [2.45, 2.75) is 39.8 Å². The maximum Gasteiger partial charge on any atom is 0.253 e. The van der Waals surface area contributed by atoms with Gasteiger partial charge >= 0.3 is 0 Å². The summed E-state index contributed by atoms with van der Waals surface area (Å²) in [5.74, 6) is -0.187. The Hall–Kier alpha value is -2.11. The molecule has 2 heterocycles. The molecule has 5 nitrogen and oxygen atoms in total. The Morgan fingerprint density at radius 3 is 2.54 bits per heavy atom. The SMILES string of the molecule is Cc1nc2c(cnn2C(C)C)cc1C(=O)N[C@@H](C)c1ccc(Cl)c(Cl)c1. The van der Waals surface area contributed by atoms with Gasteiger partial charge in [-0.1, -0.05) is 29.3 Å². The van der Waals surface area contributed by atoms with Crippen molar-refractivity contribution in [2.24, 2.45) is 0 Å². The van der Waals surface area contributed by atoms with E-state index in [0.717, 1.165) is 16.6 Å². The van der Waals surface area contributed by atoms with Crippen LogP contribution in [0.2, 0.25) is 10.0 Å². The number of amides is 1. The lowest BCUT2D eigenvalue weighted by Gasteiger charge is -2.16. The van der Waals surface area contributed by atoms with Crippen molar-refractivity contribution in [2.75, 3.05) is 0 Å². The van der Waals surface area contributed by atoms with Crippen LogP contribution in [0, 0.1) is 6.92 Å². The van der Waals surface area contributed by atoms with E-state index >= 15 is 0 Å². The number of rotatable bonds is 4. The summed E-state index contributed by atoms with van der Waals surface area (Å²) in [6.07, 6.45) is 1.74. The number of aryl methyl sites for hydroxylation is 1. The normalized spacial score (nSPS) is 12.6. The molecule has 3 rings (SSSR count). The van der Waals surface area contributed by atoms with Crippen molar-refractivity contribution in [3.63, 3.8) is 0 Å². The second-order valence-electron chi connectivity index (χ2n) is 6.59. The molecule has 0 bridgehead atoms. The van der Waals surface area contributed by atoms with Crippen molar-refractivity contribution in [3.8, 4) is 0 Å². The Morgan fingerprint density at radius 1 is 1.15 bits per heavy atom. The first kappa shape index (κ1) is 18.7. The zero-order valence-corrected chi connectivity index (χ0v) is 16.6. The zero-order chi connectivity index (χ0) is 19.0. The first-order valence-electron chi connectivity index (χ1n) is 8.38. The molecule has 7 heteroatoms. The predicted octanol–water partition coefficient (Wildman–Crippen LogP) is 5.12. The van der Waals surface area contributed by atoms with Crippen LogP contribution in [0.3, 0.4) is 0 Å². The molecule has 0 aliphatic heterocycles. The highest BCUT2D eigenvalue weighted by Gasteiger charge is 2.18. The summed E-state index contributed by atoms with van der Waals surface area (Å²) < 4.78 is 1.85. The van der Waals surface area contributed by atoms with E-state index in [2.05, 4.69) is 15.4 Å². The van der Waals surface area contributed by atoms with Crippen LogP contribution in [0.4, 0.5) is 0 Å². The van der Waals surface area contributed by atoms with Crippen molar-refractivity contribution in [1.82, 2.24) is 20.1 Å². The Balaban J connectivity index is 1.87. The van der Waals surface area contributed by atoms with Gasteiger partial charge in [-0.3, -0.25) is 4.79 Å². The van der Waals surface area contributed by atoms with Gasteiger partial charge in [0, 0.05) is 11.4 Å². The van der Waals surface area contributed by atoms with Gasteiger partial charge in [0.05, 0.1) is 33.5 Å². The lowest BCUT2D eigenvalue weighted by molar-refractivity contribution is 0.0939. The van der Waals surface area contributed by atoms with E-state index in [0.29, 0.717) is 21.3 Å². The molecular weight excluding hydrogens is 371 g/mol. The van der Waals surface area contributed by atoms with Gasteiger partial charge in [-0.05, 0) is 51.5 Å². The standard InChI is InChI=1S/C19H20Cl2N4O/c1-10(2)25-18-14(9-22-25)7-15(12(4)23-18)19(26)24-11(3)13-5-6-16(20)17(21)8-13/h5-11H,1-4H3,(H,24,26)/t11-/m0/s1. The van der Waals surface area contributed by atoms with E-state index in [1.165, 1.54) is 0 Å². The molecule has 0 aliphatic carbocycles. The van der Waals surface area contributed by atoms with E-state index in [4.69, 9.17) is 23.2 Å². The highest BCUT2D eigenvalue weighted by molar-refractivity contribution is 6.42. The highest BCUT2D eigenvalue weighted by Crippen LogP contribution is 2.26. The van der Waals surface area contributed by atoms with Gasteiger partial charge in [0.1, 0.15) is 0 Å². The van der Waals surface area contributed by atoms with Crippen LogP contribution in [0.25, 0.3) is 11.0 Å². The Kier molecular flexibility index (Phi) is 5.21. The molecule has 1 atom stereocenters. The maximum absolute atomic E-state index is 12.7. The predicted molar refractivity (Wildman–Crippen MR) is 105 cm³/mol. The third kappa shape index (κ3) is 3.55. The number of benzene rings is 1. The fourth-order valence-corrected chi connectivity index (χ4v) is 3.12. The number of pyridine rings is 1. The number of aromatic nitrogens is 3. The zero-order valence-electron chi connectivity index (χ0n) is 15.0. The summed E-state index contributed by atoms with van der Waals surface area (Å²) >= 11 is 12.0. The fraction of sp³-hybridized carbons (Fsp3) is 0.316. The van der Waals surface area contributed by atoms with Crippen LogP contribution in [-0.2, 0) is 0 Å². The first-order valence-corrected chi connectivity index (χ1v) is 9.14. The van der Waals surface area contributed by atoms with Gasteiger partial charge in [0.25, 0.3) is 5.91 Å². The van der Waals surface area contributed by atoms with E-state index in [1.807, 2.05) is 44.5 Å². The summed E-state index contributed by atoms with van der Waals surface area (Å²) in [6.45, 7) is 7.82. The number of nitrogens with zero attached hydrogens (tertiary/aromatic N) is 3. The molecule has 0 saturated carbocycles. The van der Waals surface area contributed by atoms with Crippen LogP contribution in [-0.4, -0.2) is 20.7 Å². The Morgan fingerprint density at radius 2 is 1.88 bits per heavy atom. The molecule has 1 N–H and O–H groups in total. The molecule has 0 saturated heterocycles. The lowest BCUT2D eigenvalue weighted by atomic mass is 10.1. The van der Waals surface area contributed by atoms with E-state index in [9.17, 15) is 4.79 Å². The molecule has 2 aromatic heterocycles. The molecule has 3 aromatic rings. The van der Waals surface area contributed by atoms with E-state index in [-0.39, 0.29) is 18.0 Å².